The first-order valence-electron chi connectivity index (χ1n) is 10.1. The van der Waals surface area contributed by atoms with Crippen molar-refractivity contribution in [2.24, 2.45) is 0 Å². The smallest absolute Gasteiger partial charge is 0.339 e. The molecule has 0 unspecified atom stereocenters. The molecule has 4 heteroatoms. The van der Waals surface area contributed by atoms with Crippen LogP contribution in [0.5, 0.6) is 0 Å². The minimum absolute atomic E-state index is 0.371. The van der Waals surface area contributed by atoms with E-state index in [9.17, 15) is 9.59 Å². The summed E-state index contributed by atoms with van der Waals surface area (Å²) in [6.45, 7) is 8.08. The number of benzene rings is 3. The first-order chi connectivity index (χ1) is 14.3. The highest BCUT2D eigenvalue weighted by atomic mass is 16.5. The Balaban J connectivity index is 1.84. The minimum atomic E-state index is -1.05. The van der Waals surface area contributed by atoms with Gasteiger partial charge in [-0.15, -0.1) is 0 Å². The molecular weight excluding hydrogens is 374 g/mol. The molecule has 1 atom stereocenters. The minimum Gasteiger partial charge on any atom is -0.444 e. The van der Waals surface area contributed by atoms with Crippen LogP contribution in [0.1, 0.15) is 58.5 Å². The highest BCUT2D eigenvalue weighted by Crippen LogP contribution is 2.24. The van der Waals surface area contributed by atoms with E-state index in [0.29, 0.717) is 22.7 Å². The molecule has 0 radical (unpaired) electrons. The van der Waals surface area contributed by atoms with Crippen LogP contribution >= 0.6 is 0 Å². The molecular formula is C26H27NO3. The first-order valence-corrected chi connectivity index (χ1v) is 10.1. The quantitative estimate of drug-likeness (QED) is 0.518. The SMILES string of the molecule is Cc1ccc(C)c(NC(=O)[C@@H](OC(=O)c2ccc(C(C)C)cc2)c2ccccc2)c1. The number of aryl methyl sites for hydroxylation is 2. The second kappa shape index (κ2) is 9.40. The lowest BCUT2D eigenvalue weighted by atomic mass is 10.0. The van der Waals surface area contributed by atoms with Gasteiger partial charge in [0.2, 0.25) is 6.10 Å². The van der Waals surface area contributed by atoms with Crippen molar-refractivity contribution in [2.45, 2.75) is 39.7 Å². The summed E-state index contributed by atoms with van der Waals surface area (Å²) < 4.78 is 5.68. The third-order valence-electron chi connectivity index (χ3n) is 5.03. The zero-order valence-electron chi connectivity index (χ0n) is 17.8. The van der Waals surface area contributed by atoms with E-state index in [-0.39, 0.29) is 5.91 Å². The van der Waals surface area contributed by atoms with Gasteiger partial charge in [0.25, 0.3) is 5.91 Å². The van der Waals surface area contributed by atoms with Crippen molar-refractivity contribution < 1.29 is 14.3 Å². The van der Waals surface area contributed by atoms with Gasteiger partial charge in [-0.3, -0.25) is 4.79 Å². The van der Waals surface area contributed by atoms with Crippen molar-refractivity contribution >= 4 is 17.6 Å². The van der Waals surface area contributed by atoms with Crippen molar-refractivity contribution in [2.75, 3.05) is 5.32 Å². The largest absolute Gasteiger partial charge is 0.444 e. The second-order valence-electron chi connectivity index (χ2n) is 7.78. The topological polar surface area (TPSA) is 55.4 Å². The summed E-state index contributed by atoms with van der Waals surface area (Å²) >= 11 is 0. The Morgan fingerprint density at radius 2 is 1.50 bits per heavy atom. The lowest BCUT2D eigenvalue weighted by Gasteiger charge is -2.19. The average molecular weight is 402 g/mol. The second-order valence-corrected chi connectivity index (χ2v) is 7.78. The van der Waals surface area contributed by atoms with Gasteiger partial charge in [-0.2, -0.15) is 0 Å². The molecule has 0 spiro atoms. The van der Waals surface area contributed by atoms with Crippen LogP contribution in [0.3, 0.4) is 0 Å². The molecule has 0 aliphatic rings. The number of rotatable bonds is 6. The number of esters is 1. The summed E-state index contributed by atoms with van der Waals surface area (Å²) in [6.07, 6.45) is -1.05. The Labute approximate surface area is 177 Å². The fourth-order valence-corrected chi connectivity index (χ4v) is 3.15. The summed E-state index contributed by atoms with van der Waals surface area (Å²) in [5, 5.41) is 2.91. The van der Waals surface area contributed by atoms with Crippen LogP contribution in [0, 0.1) is 13.8 Å². The predicted octanol–water partition coefficient (Wildman–Crippen LogP) is 5.96. The lowest BCUT2D eigenvalue weighted by Crippen LogP contribution is -2.26. The van der Waals surface area contributed by atoms with Crippen molar-refractivity contribution in [3.8, 4) is 0 Å². The highest BCUT2D eigenvalue weighted by Gasteiger charge is 2.26. The van der Waals surface area contributed by atoms with E-state index in [1.807, 2.05) is 62.4 Å². The maximum Gasteiger partial charge on any atom is 0.339 e. The number of amides is 1. The standard InChI is InChI=1S/C26H27NO3/c1-17(2)20-12-14-22(15-13-20)26(29)30-24(21-8-6-5-7-9-21)25(28)27-23-16-18(3)10-11-19(23)4/h5-17,24H,1-4H3,(H,27,28)/t24-/m0/s1. The number of nitrogens with one attached hydrogen (secondary N) is 1. The summed E-state index contributed by atoms with van der Waals surface area (Å²) in [5.41, 5.74) is 4.86. The number of hydrogen-bond acceptors (Lipinski definition) is 3. The fourth-order valence-electron chi connectivity index (χ4n) is 3.15. The molecule has 0 bridgehead atoms. The molecule has 3 rings (SSSR count). The van der Waals surface area contributed by atoms with Gasteiger partial charge in [-0.1, -0.05) is 68.4 Å². The monoisotopic (exact) mass is 401 g/mol. The molecule has 1 amide bonds. The molecule has 4 nitrogen and oxygen atoms in total. The van der Waals surface area contributed by atoms with E-state index in [0.717, 1.165) is 16.7 Å². The van der Waals surface area contributed by atoms with Crippen LogP contribution in [-0.2, 0) is 9.53 Å². The molecule has 30 heavy (non-hydrogen) atoms. The normalized spacial score (nSPS) is 11.8. The Kier molecular flexibility index (Phi) is 6.68. The van der Waals surface area contributed by atoms with E-state index in [1.165, 1.54) is 0 Å². The highest BCUT2D eigenvalue weighted by molar-refractivity contribution is 5.98. The van der Waals surface area contributed by atoms with Crippen LogP contribution < -0.4 is 5.32 Å². The van der Waals surface area contributed by atoms with Crippen molar-refractivity contribution in [1.82, 2.24) is 0 Å². The Bertz CT molecular complexity index is 1020. The number of carbonyl (C=O) groups excluding carboxylic acids is 2. The van der Waals surface area contributed by atoms with Gasteiger partial charge in [0.15, 0.2) is 0 Å². The Morgan fingerprint density at radius 3 is 2.13 bits per heavy atom. The van der Waals surface area contributed by atoms with E-state index in [4.69, 9.17) is 4.74 Å². The number of ether oxygens (including phenoxy) is 1. The maximum atomic E-state index is 13.1. The first kappa shape index (κ1) is 21.3. The van der Waals surface area contributed by atoms with Gasteiger partial charge in [-0.05, 0) is 54.7 Å². The molecule has 0 aliphatic heterocycles. The van der Waals surface area contributed by atoms with Gasteiger partial charge in [0, 0.05) is 11.3 Å². The van der Waals surface area contributed by atoms with Gasteiger partial charge in [0.05, 0.1) is 5.56 Å². The molecule has 0 heterocycles. The van der Waals surface area contributed by atoms with Crippen molar-refractivity contribution in [3.05, 3.63) is 101 Å². The van der Waals surface area contributed by atoms with Crippen LogP contribution in [0.15, 0.2) is 72.8 Å². The Hall–Kier alpha value is -3.40. The summed E-state index contributed by atoms with van der Waals surface area (Å²) in [7, 11) is 0. The van der Waals surface area contributed by atoms with E-state index >= 15 is 0 Å². The van der Waals surface area contributed by atoms with Crippen LogP contribution in [0.2, 0.25) is 0 Å². The van der Waals surface area contributed by atoms with Crippen LogP contribution in [0.4, 0.5) is 5.69 Å². The van der Waals surface area contributed by atoms with E-state index in [1.54, 1.807) is 24.3 Å². The van der Waals surface area contributed by atoms with E-state index < -0.39 is 12.1 Å². The van der Waals surface area contributed by atoms with Crippen molar-refractivity contribution in [1.29, 1.82) is 0 Å². The number of anilines is 1. The lowest BCUT2D eigenvalue weighted by molar-refractivity contribution is -0.125. The maximum absolute atomic E-state index is 13.1. The Morgan fingerprint density at radius 1 is 0.833 bits per heavy atom. The van der Waals surface area contributed by atoms with Crippen LogP contribution in [-0.4, -0.2) is 11.9 Å². The average Bonchev–Trinajstić information content (AvgIpc) is 2.75. The van der Waals surface area contributed by atoms with Crippen LogP contribution in [0.25, 0.3) is 0 Å². The molecule has 3 aromatic carbocycles. The predicted molar refractivity (Wildman–Crippen MR) is 120 cm³/mol. The third kappa shape index (κ3) is 5.15. The fraction of sp³-hybridized carbons (Fsp3) is 0.231. The zero-order valence-corrected chi connectivity index (χ0v) is 17.8. The van der Waals surface area contributed by atoms with Gasteiger partial charge >= 0.3 is 5.97 Å². The molecule has 0 saturated carbocycles. The third-order valence-corrected chi connectivity index (χ3v) is 5.03. The molecule has 3 aromatic rings. The van der Waals surface area contributed by atoms with E-state index in [2.05, 4.69) is 19.2 Å². The molecule has 0 saturated heterocycles. The van der Waals surface area contributed by atoms with Crippen molar-refractivity contribution in [3.63, 3.8) is 0 Å². The van der Waals surface area contributed by atoms with Gasteiger partial charge < -0.3 is 10.1 Å². The zero-order chi connectivity index (χ0) is 21.7. The molecule has 0 aromatic heterocycles. The molecule has 154 valence electrons. The summed E-state index contributed by atoms with van der Waals surface area (Å²) in [5.74, 6) is -0.548. The number of hydrogen-bond donors (Lipinski definition) is 1. The van der Waals surface area contributed by atoms with Gasteiger partial charge in [0.1, 0.15) is 0 Å². The number of carbonyl (C=O) groups is 2. The molecule has 1 N–H and O–H groups in total. The molecule has 0 aliphatic carbocycles. The molecule has 0 fully saturated rings. The van der Waals surface area contributed by atoms with Gasteiger partial charge in [-0.25, -0.2) is 4.79 Å². The summed E-state index contributed by atoms with van der Waals surface area (Å²) in [4.78, 5) is 25.9. The summed E-state index contributed by atoms with van der Waals surface area (Å²) in [6, 6.07) is 22.2.